The third kappa shape index (κ3) is 3.74. The normalized spacial score (nSPS) is 10.2. The second kappa shape index (κ2) is 6.12. The van der Waals surface area contributed by atoms with Gasteiger partial charge >= 0.3 is 5.69 Å². The molecule has 0 aliphatic rings. The number of halogens is 2. The minimum atomic E-state index is -0.520. The maximum Gasteiger partial charge on any atom is 0.332 e. The Balaban J connectivity index is 2.17. The fourth-order valence-corrected chi connectivity index (χ4v) is 2.20. The van der Waals surface area contributed by atoms with Gasteiger partial charge in [0.2, 0.25) is 0 Å². The van der Waals surface area contributed by atoms with E-state index in [1.807, 2.05) is 24.3 Å². The number of nitrogens with zero attached hydrogens (tertiary/aromatic N) is 2. The molecular weight excluding hydrogens is 380 g/mol. The lowest BCUT2D eigenvalue weighted by Gasteiger charge is -2.06. The van der Waals surface area contributed by atoms with Gasteiger partial charge in [-0.05, 0) is 33.6 Å². The molecule has 0 N–H and O–H groups in total. The van der Waals surface area contributed by atoms with E-state index in [0.717, 1.165) is 10.0 Å². The molecule has 0 spiro atoms. The Kier molecular flexibility index (Phi) is 4.49. The van der Waals surface area contributed by atoms with Crippen molar-refractivity contribution in [1.29, 1.82) is 0 Å². The van der Waals surface area contributed by atoms with Gasteiger partial charge in [0.25, 0.3) is 5.88 Å². The van der Waals surface area contributed by atoms with Crippen LogP contribution in [0.15, 0.2) is 45.5 Å². The van der Waals surface area contributed by atoms with E-state index in [0.29, 0.717) is 4.47 Å². The highest BCUT2D eigenvalue weighted by Gasteiger charge is 2.17. The summed E-state index contributed by atoms with van der Waals surface area (Å²) >= 11 is 6.49. The van der Waals surface area contributed by atoms with Crippen molar-refractivity contribution in [3.63, 3.8) is 0 Å². The summed E-state index contributed by atoms with van der Waals surface area (Å²) in [5, 5.41) is 10.9. The Hall–Kier alpha value is -1.47. The maximum atomic E-state index is 10.9. The van der Waals surface area contributed by atoms with Crippen LogP contribution < -0.4 is 4.74 Å². The molecule has 0 aliphatic carbocycles. The third-order valence-electron chi connectivity index (χ3n) is 2.26. The lowest BCUT2D eigenvalue weighted by molar-refractivity contribution is -0.386. The first-order valence-corrected chi connectivity index (χ1v) is 6.82. The summed E-state index contributed by atoms with van der Waals surface area (Å²) in [5.74, 6) is 0.00757. The van der Waals surface area contributed by atoms with Crippen molar-refractivity contribution in [2.45, 2.75) is 6.61 Å². The van der Waals surface area contributed by atoms with Gasteiger partial charge in [0.15, 0.2) is 0 Å². The number of aromatic nitrogens is 1. The summed E-state index contributed by atoms with van der Waals surface area (Å²) in [4.78, 5) is 14.3. The van der Waals surface area contributed by atoms with Crippen LogP contribution in [-0.4, -0.2) is 9.91 Å². The van der Waals surface area contributed by atoms with Gasteiger partial charge in [0, 0.05) is 21.2 Å². The Morgan fingerprint density at radius 3 is 2.74 bits per heavy atom. The van der Waals surface area contributed by atoms with Gasteiger partial charge in [-0.2, -0.15) is 0 Å². The first-order valence-electron chi connectivity index (χ1n) is 5.23. The molecule has 0 unspecified atom stereocenters. The number of pyridine rings is 1. The molecule has 0 radical (unpaired) electrons. The van der Waals surface area contributed by atoms with Crippen LogP contribution in [0, 0.1) is 10.1 Å². The van der Waals surface area contributed by atoms with Gasteiger partial charge in [0.05, 0.1) is 4.92 Å². The Morgan fingerprint density at radius 1 is 1.26 bits per heavy atom. The minimum absolute atomic E-state index is 0.00757. The predicted molar refractivity (Wildman–Crippen MR) is 77.1 cm³/mol. The number of benzene rings is 1. The minimum Gasteiger partial charge on any atom is -0.468 e. The first-order chi connectivity index (χ1) is 9.06. The average molecular weight is 388 g/mol. The molecule has 2 rings (SSSR count). The summed E-state index contributed by atoms with van der Waals surface area (Å²) < 4.78 is 6.86. The van der Waals surface area contributed by atoms with E-state index in [1.165, 1.54) is 12.3 Å². The monoisotopic (exact) mass is 386 g/mol. The molecule has 0 fully saturated rings. The lowest BCUT2D eigenvalue weighted by atomic mass is 10.2. The third-order valence-corrected chi connectivity index (χ3v) is 3.19. The van der Waals surface area contributed by atoms with Crippen molar-refractivity contribution < 1.29 is 9.66 Å². The van der Waals surface area contributed by atoms with E-state index in [4.69, 9.17) is 4.74 Å². The smallest absolute Gasteiger partial charge is 0.332 e. The van der Waals surface area contributed by atoms with E-state index in [-0.39, 0.29) is 18.2 Å². The molecule has 0 saturated carbocycles. The molecule has 0 bridgehead atoms. The number of hydrogen-bond acceptors (Lipinski definition) is 4. The van der Waals surface area contributed by atoms with Gasteiger partial charge < -0.3 is 4.74 Å². The Morgan fingerprint density at radius 2 is 2.05 bits per heavy atom. The zero-order valence-electron chi connectivity index (χ0n) is 9.55. The van der Waals surface area contributed by atoms with Crippen molar-refractivity contribution in [1.82, 2.24) is 4.98 Å². The standard InChI is InChI=1S/C12H8Br2N2O3/c13-9-3-1-2-8(4-9)7-19-12-11(16(17)18)5-10(14)6-15-12/h1-6H,7H2. The van der Waals surface area contributed by atoms with Crippen LogP contribution in [0.5, 0.6) is 5.88 Å². The molecule has 7 heteroatoms. The molecule has 0 atom stereocenters. The molecule has 98 valence electrons. The molecule has 0 aliphatic heterocycles. The van der Waals surface area contributed by atoms with E-state index in [9.17, 15) is 10.1 Å². The molecule has 1 aromatic heterocycles. The van der Waals surface area contributed by atoms with Crippen molar-refractivity contribution in [2.24, 2.45) is 0 Å². The van der Waals surface area contributed by atoms with Crippen LogP contribution in [0.25, 0.3) is 0 Å². The highest BCUT2D eigenvalue weighted by molar-refractivity contribution is 9.10. The van der Waals surface area contributed by atoms with Crippen molar-refractivity contribution in [2.75, 3.05) is 0 Å². The van der Waals surface area contributed by atoms with Crippen LogP contribution in [0.4, 0.5) is 5.69 Å². The first kappa shape index (κ1) is 14.0. The Bertz CT molecular complexity index is 620. The van der Waals surface area contributed by atoms with Crippen molar-refractivity contribution in [3.8, 4) is 5.88 Å². The zero-order chi connectivity index (χ0) is 13.8. The van der Waals surface area contributed by atoms with Gasteiger partial charge in [-0.25, -0.2) is 4.98 Å². The summed E-state index contributed by atoms with van der Waals surface area (Å²) in [6.07, 6.45) is 1.46. The van der Waals surface area contributed by atoms with Crippen LogP contribution in [0.2, 0.25) is 0 Å². The van der Waals surface area contributed by atoms with Crippen LogP contribution >= 0.6 is 31.9 Å². The van der Waals surface area contributed by atoms with Gasteiger partial charge in [-0.15, -0.1) is 0 Å². The lowest BCUT2D eigenvalue weighted by Crippen LogP contribution is -2.01. The van der Waals surface area contributed by atoms with Crippen molar-refractivity contribution in [3.05, 3.63) is 61.2 Å². The fraction of sp³-hybridized carbons (Fsp3) is 0.0833. The van der Waals surface area contributed by atoms with Gasteiger partial charge in [0.1, 0.15) is 6.61 Å². The second-order valence-corrected chi connectivity index (χ2v) is 5.48. The fourth-order valence-electron chi connectivity index (χ4n) is 1.44. The van der Waals surface area contributed by atoms with E-state index in [1.54, 1.807) is 0 Å². The van der Waals surface area contributed by atoms with E-state index >= 15 is 0 Å². The molecule has 2 aromatic rings. The molecule has 0 amide bonds. The van der Waals surface area contributed by atoms with E-state index in [2.05, 4.69) is 36.8 Å². The molecule has 1 aromatic carbocycles. The summed E-state index contributed by atoms with van der Waals surface area (Å²) in [5.41, 5.74) is 0.734. The largest absolute Gasteiger partial charge is 0.468 e. The summed E-state index contributed by atoms with van der Waals surface area (Å²) in [6.45, 7) is 0.217. The van der Waals surface area contributed by atoms with Crippen LogP contribution in [0.1, 0.15) is 5.56 Å². The average Bonchev–Trinajstić information content (AvgIpc) is 2.37. The Labute approximate surface area is 126 Å². The molecule has 5 nitrogen and oxygen atoms in total. The number of hydrogen-bond donors (Lipinski definition) is 0. The highest BCUT2D eigenvalue weighted by Crippen LogP contribution is 2.28. The number of ether oxygens (including phenoxy) is 1. The van der Waals surface area contributed by atoms with E-state index < -0.39 is 4.92 Å². The van der Waals surface area contributed by atoms with Gasteiger partial charge in [-0.1, -0.05) is 28.1 Å². The quantitative estimate of drug-likeness (QED) is 0.585. The maximum absolute atomic E-state index is 10.9. The zero-order valence-corrected chi connectivity index (χ0v) is 12.7. The van der Waals surface area contributed by atoms with Crippen LogP contribution in [-0.2, 0) is 6.61 Å². The second-order valence-electron chi connectivity index (χ2n) is 3.65. The topological polar surface area (TPSA) is 65.3 Å². The predicted octanol–water partition coefficient (Wildman–Crippen LogP) is 4.09. The molecule has 1 heterocycles. The summed E-state index contributed by atoms with van der Waals surface area (Å²) in [6, 6.07) is 8.87. The molecule has 0 saturated heterocycles. The molecule has 19 heavy (non-hydrogen) atoms. The highest BCUT2D eigenvalue weighted by atomic mass is 79.9. The number of nitro groups is 1. The summed E-state index contributed by atoms with van der Waals surface area (Å²) in [7, 11) is 0. The van der Waals surface area contributed by atoms with Gasteiger partial charge in [-0.3, -0.25) is 10.1 Å². The van der Waals surface area contributed by atoms with Crippen molar-refractivity contribution >= 4 is 37.5 Å². The number of rotatable bonds is 4. The molecular formula is C12H8Br2N2O3. The van der Waals surface area contributed by atoms with Crippen LogP contribution in [0.3, 0.4) is 0 Å². The SMILES string of the molecule is O=[N+]([O-])c1cc(Br)cnc1OCc1cccc(Br)c1.